The van der Waals surface area contributed by atoms with Gasteiger partial charge in [0, 0.05) is 23.5 Å². The molecule has 0 radical (unpaired) electrons. The van der Waals surface area contributed by atoms with Gasteiger partial charge in [-0.25, -0.2) is 4.79 Å². The molecular formula is C17H25ClN2O2. The van der Waals surface area contributed by atoms with E-state index in [-0.39, 0.29) is 11.4 Å². The predicted molar refractivity (Wildman–Crippen MR) is 89.3 cm³/mol. The van der Waals surface area contributed by atoms with Gasteiger partial charge in [-0.3, -0.25) is 0 Å². The van der Waals surface area contributed by atoms with Gasteiger partial charge in [-0.05, 0) is 51.3 Å². The topological polar surface area (TPSA) is 52.6 Å². The maximum Gasteiger partial charge on any atom is 0.317 e. The molecule has 1 fully saturated rings. The summed E-state index contributed by atoms with van der Waals surface area (Å²) in [5, 5.41) is 13.6. The summed E-state index contributed by atoms with van der Waals surface area (Å²) in [6.45, 7) is 6.82. The fourth-order valence-corrected chi connectivity index (χ4v) is 2.88. The van der Waals surface area contributed by atoms with Crippen LogP contribution in [0.1, 0.15) is 39.2 Å². The number of amides is 2. The highest BCUT2D eigenvalue weighted by atomic mass is 35.5. The van der Waals surface area contributed by atoms with Crippen molar-refractivity contribution in [2.75, 3.05) is 19.6 Å². The highest BCUT2D eigenvalue weighted by molar-refractivity contribution is 6.30. The van der Waals surface area contributed by atoms with Crippen LogP contribution in [-0.4, -0.2) is 41.3 Å². The van der Waals surface area contributed by atoms with Crippen molar-refractivity contribution in [1.82, 2.24) is 10.2 Å². The first-order valence-corrected chi connectivity index (χ1v) is 8.15. The van der Waals surface area contributed by atoms with Crippen LogP contribution in [0.15, 0.2) is 24.3 Å². The molecule has 0 heterocycles. The van der Waals surface area contributed by atoms with Gasteiger partial charge in [0.1, 0.15) is 0 Å². The summed E-state index contributed by atoms with van der Waals surface area (Å²) >= 11 is 6.06. The third-order valence-electron chi connectivity index (χ3n) is 4.12. The Morgan fingerprint density at radius 2 is 2.14 bits per heavy atom. The minimum atomic E-state index is -0.891. The first-order valence-electron chi connectivity index (χ1n) is 7.77. The van der Waals surface area contributed by atoms with Crippen molar-refractivity contribution in [2.24, 2.45) is 0 Å². The second kappa shape index (κ2) is 6.47. The lowest BCUT2D eigenvalue weighted by Crippen LogP contribution is -2.48. The fraction of sp³-hybridized carbons (Fsp3) is 0.588. The number of carbonyl (C=O) groups excluding carboxylic acids is 1. The van der Waals surface area contributed by atoms with Gasteiger partial charge in [0.2, 0.25) is 0 Å². The van der Waals surface area contributed by atoms with Crippen LogP contribution in [0.4, 0.5) is 4.79 Å². The Balaban J connectivity index is 1.96. The van der Waals surface area contributed by atoms with E-state index >= 15 is 0 Å². The van der Waals surface area contributed by atoms with E-state index in [2.05, 4.69) is 11.4 Å². The minimum absolute atomic E-state index is 0.0225. The molecule has 1 saturated carbocycles. The van der Waals surface area contributed by atoms with E-state index in [0.29, 0.717) is 19.6 Å². The van der Waals surface area contributed by atoms with Crippen LogP contribution in [0.25, 0.3) is 0 Å². The zero-order chi connectivity index (χ0) is 16.4. The summed E-state index contributed by atoms with van der Waals surface area (Å²) in [6, 6.07) is 7.74. The molecule has 0 bridgehead atoms. The molecule has 2 amide bonds. The first-order chi connectivity index (χ1) is 10.3. The number of halogens is 1. The summed E-state index contributed by atoms with van der Waals surface area (Å²) < 4.78 is 0. The number of urea groups is 1. The van der Waals surface area contributed by atoms with E-state index in [1.54, 1.807) is 18.7 Å². The van der Waals surface area contributed by atoms with Gasteiger partial charge in [-0.1, -0.05) is 23.7 Å². The smallest absolute Gasteiger partial charge is 0.317 e. The van der Waals surface area contributed by atoms with Crippen LogP contribution in [0.3, 0.4) is 0 Å². The number of hydrogen-bond acceptors (Lipinski definition) is 2. The maximum absolute atomic E-state index is 12.3. The highest BCUT2D eigenvalue weighted by Gasteiger charge is 2.44. The molecule has 0 atom stereocenters. The summed E-state index contributed by atoms with van der Waals surface area (Å²) in [7, 11) is 0. The predicted octanol–water partition coefficient (Wildman–Crippen LogP) is 3.17. The molecule has 22 heavy (non-hydrogen) atoms. The summed E-state index contributed by atoms with van der Waals surface area (Å²) in [5.41, 5.74) is 0.317. The third-order valence-corrected chi connectivity index (χ3v) is 4.35. The number of benzene rings is 1. The lowest BCUT2D eigenvalue weighted by atomic mass is 9.96. The zero-order valence-corrected chi connectivity index (χ0v) is 14.3. The van der Waals surface area contributed by atoms with Crippen molar-refractivity contribution >= 4 is 17.6 Å². The molecule has 0 aromatic heterocycles. The van der Waals surface area contributed by atoms with Crippen molar-refractivity contribution < 1.29 is 9.90 Å². The summed E-state index contributed by atoms with van der Waals surface area (Å²) in [5.74, 6) is 0. The SMILES string of the molecule is CCN(CC(C)(C)O)C(=O)NCC1(c2cccc(Cl)c2)CC1. The van der Waals surface area contributed by atoms with Crippen LogP contribution in [0.2, 0.25) is 5.02 Å². The fourth-order valence-electron chi connectivity index (χ4n) is 2.69. The lowest BCUT2D eigenvalue weighted by Gasteiger charge is -2.29. The molecule has 0 saturated heterocycles. The molecule has 2 N–H and O–H groups in total. The molecule has 122 valence electrons. The van der Waals surface area contributed by atoms with Gasteiger partial charge in [0.05, 0.1) is 12.1 Å². The first kappa shape index (κ1) is 17.1. The van der Waals surface area contributed by atoms with Crippen molar-refractivity contribution in [3.8, 4) is 0 Å². The number of hydrogen-bond donors (Lipinski definition) is 2. The average molecular weight is 325 g/mol. The summed E-state index contributed by atoms with van der Waals surface area (Å²) in [4.78, 5) is 13.9. The zero-order valence-electron chi connectivity index (χ0n) is 13.5. The highest BCUT2D eigenvalue weighted by Crippen LogP contribution is 2.48. The Morgan fingerprint density at radius 3 is 2.64 bits per heavy atom. The molecule has 1 aromatic rings. The largest absolute Gasteiger partial charge is 0.389 e. The van der Waals surface area contributed by atoms with E-state index in [0.717, 1.165) is 17.9 Å². The van der Waals surface area contributed by atoms with Crippen molar-refractivity contribution in [3.63, 3.8) is 0 Å². The van der Waals surface area contributed by atoms with E-state index in [1.807, 2.05) is 25.1 Å². The molecule has 5 heteroatoms. The van der Waals surface area contributed by atoms with E-state index in [1.165, 1.54) is 5.56 Å². The van der Waals surface area contributed by atoms with E-state index < -0.39 is 5.60 Å². The standard InChI is InChI=1S/C17H25ClN2O2/c1-4-20(12-16(2,3)22)15(21)19-11-17(8-9-17)13-6-5-7-14(18)10-13/h5-7,10,22H,4,8-9,11-12H2,1-3H3,(H,19,21). The van der Waals surface area contributed by atoms with Crippen molar-refractivity contribution in [2.45, 2.75) is 44.6 Å². The van der Waals surface area contributed by atoms with E-state index in [4.69, 9.17) is 11.6 Å². The van der Waals surface area contributed by atoms with Gasteiger partial charge in [0.15, 0.2) is 0 Å². The Labute approximate surface area is 137 Å². The number of nitrogens with zero attached hydrogens (tertiary/aromatic N) is 1. The van der Waals surface area contributed by atoms with Gasteiger partial charge in [-0.15, -0.1) is 0 Å². The molecule has 1 aliphatic carbocycles. The molecule has 0 unspecified atom stereocenters. The molecule has 1 aliphatic rings. The number of likely N-dealkylation sites (N-methyl/N-ethyl adjacent to an activating group) is 1. The monoisotopic (exact) mass is 324 g/mol. The number of aliphatic hydroxyl groups is 1. The Bertz CT molecular complexity index is 536. The van der Waals surface area contributed by atoms with Crippen LogP contribution < -0.4 is 5.32 Å². The second-order valence-electron chi connectivity index (χ2n) is 6.78. The summed E-state index contributed by atoms with van der Waals surface area (Å²) in [6.07, 6.45) is 2.12. The lowest BCUT2D eigenvalue weighted by molar-refractivity contribution is 0.0479. The Kier molecular flexibility index (Phi) is 5.03. The minimum Gasteiger partial charge on any atom is -0.389 e. The van der Waals surface area contributed by atoms with Crippen LogP contribution in [0.5, 0.6) is 0 Å². The maximum atomic E-state index is 12.3. The Hall–Kier alpha value is -1.26. The van der Waals surface area contributed by atoms with Crippen LogP contribution in [0, 0.1) is 0 Å². The normalized spacial score (nSPS) is 16.2. The van der Waals surface area contributed by atoms with Crippen molar-refractivity contribution in [1.29, 1.82) is 0 Å². The molecule has 0 aliphatic heterocycles. The van der Waals surface area contributed by atoms with Crippen LogP contribution in [-0.2, 0) is 5.41 Å². The number of rotatable bonds is 6. The third kappa shape index (κ3) is 4.37. The quantitative estimate of drug-likeness (QED) is 0.844. The molecule has 0 spiro atoms. The van der Waals surface area contributed by atoms with Gasteiger partial charge in [0.25, 0.3) is 0 Å². The van der Waals surface area contributed by atoms with E-state index in [9.17, 15) is 9.90 Å². The van der Waals surface area contributed by atoms with Gasteiger partial charge >= 0.3 is 6.03 Å². The molecule has 1 aromatic carbocycles. The second-order valence-corrected chi connectivity index (χ2v) is 7.21. The van der Waals surface area contributed by atoms with Gasteiger partial charge in [-0.2, -0.15) is 0 Å². The molecular weight excluding hydrogens is 300 g/mol. The van der Waals surface area contributed by atoms with Crippen molar-refractivity contribution in [3.05, 3.63) is 34.9 Å². The van der Waals surface area contributed by atoms with Gasteiger partial charge < -0.3 is 15.3 Å². The molecule has 4 nitrogen and oxygen atoms in total. The average Bonchev–Trinajstić information content (AvgIpc) is 3.22. The Morgan fingerprint density at radius 1 is 1.45 bits per heavy atom. The number of nitrogens with one attached hydrogen (secondary N) is 1. The molecule has 2 rings (SSSR count). The van der Waals surface area contributed by atoms with Crippen LogP contribution >= 0.6 is 11.6 Å². The number of carbonyl (C=O) groups is 1.